The molecule has 1 aliphatic heterocycles. The summed E-state index contributed by atoms with van der Waals surface area (Å²) in [6.07, 6.45) is 0.627. The Balaban J connectivity index is 2.58. The Morgan fingerprint density at radius 2 is 2.08 bits per heavy atom. The molecular formula is C8H14N2O2S. The van der Waals surface area contributed by atoms with Crippen LogP contribution in [0.15, 0.2) is 0 Å². The maximum Gasteiger partial charge on any atom is 0.214 e. The highest BCUT2D eigenvalue weighted by Gasteiger charge is 2.44. The van der Waals surface area contributed by atoms with Crippen LogP contribution in [0.3, 0.4) is 0 Å². The van der Waals surface area contributed by atoms with Crippen LogP contribution in [0.25, 0.3) is 0 Å². The molecule has 0 aromatic rings. The van der Waals surface area contributed by atoms with Gasteiger partial charge in [-0.25, -0.2) is 8.42 Å². The van der Waals surface area contributed by atoms with Gasteiger partial charge in [-0.05, 0) is 13.3 Å². The number of nitrogens with zero attached hydrogens (tertiary/aromatic N) is 2. The van der Waals surface area contributed by atoms with Crippen LogP contribution in [-0.2, 0) is 10.0 Å². The van der Waals surface area contributed by atoms with Crippen molar-refractivity contribution in [2.24, 2.45) is 5.41 Å². The van der Waals surface area contributed by atoms with Crippen LogP contribution >= 0.6 is 0 Å². The number of sulfonamides is 1. The minimum Gasteiger partial charge on any atom is -0.212 e. The third-order valence-electron chi connectivity index (χ3n) is 2.18. The summed E-state index contributed by atoms with van der Waals surface area (Å²) in [6, 6.07) is 2.12. The molecule has 0 aromatic heterocycles. The van der Waals surface area contributed by atoms with Gasteiger partial charge in [0.2, 0.25) is 10.0 Å². The van der Waals surface area contributed by atoms with Crippen LogP contribution in [0.4, 0.5) is 0 Å². The summed E-state index contributed by atoms with van der Waals surface area (Å²) in [7, 11) is -3.07. The van der Waals surface area contributed by atoms with E-state index in [-0.39, 0.29) is 5.75 Å². The standard InChI is InChI=1S/C8H14N2O2S/c1-3-4-13(11,12)10-6-8(2,5-9)7-10/h3-4,6-7H2,1-2H3. The molecule has 0 N–H and O–H groups in total. The van der Waals surface area contributed by atoms with E-state index in [1.807, 2.05) is 6.92 Å². The smallest absolute Gasteiger partial charge is 0.212 e. The first-order valence-corrected chi connectivity index (χ1v) is 5.93. The van der Waals surface area contributed by atoms with E-state index in [2.05, 4.69) is 6.07 Å². The molecule has 0 atom stereocenters. The summed E-state index contributed by atoms with van der Waals surface area (Å²) in [4.78, 5) is 0. The molecule has 1 fully saturated rings. The molecule has 1 rings (SSSR count). The lowest BCUT2D eigenvalue weighted by Crippen LogP contribution is -2.56. The first kappa shape index (κ1) is 10.5. The highest BCUT2D eigenvalue weighted by Crippen LogP contribution is 2.31. The summed E-state index contributed by atoms with van der Waals surface area (Å²) in [5.74, 6) is 0.189. The van der Waals surface area contributed by atoms with Crippen molar-refractivity contribution >= 4 is 10.0 Å². The van der Waals surface area contributed by atoms with Crippen LogP contribution in [-0.4, -0.2) is 31.6 Å². The maximum atomic E-state index is 11.4. The van der Waals surface area contributed by atoms with Gasteiger partial charge >= 0.3 is 0 Å². The van der Waals surface area contributed by atoms with E-state index in [0.29, 0.717) is 19.5 Å². The fraction of sp³-hybridized carbons (Fsp3) is 0.875. The van der Waals surface area contributed by atoms with E-state index in [0.717, 1.165) is 0 Å². The van der Waals surface area contributed by atoms with Crippen LogP contribution < -0.4 is 0 Å². The van der Waals surface area contributed by atoms with E-state index < -0.39 is 15.4 Å². The van der Waals surface area contributed by atoms with Crippen molar-refractivity contribution in [2.75, 3.05) is 18.8 Å². The Morgan fingerprint density at radius 1 is 1.54 bits per heavy atom. The van der Waals surface area contributed by atoms with Gasteiger partial charge in [0.05, 0.1) is 17.2 Å². The summed E-state index contributed by atoms with van der Waals surface area (Å²) < 4.78 is 24.3. The zero-order chi connectivity index (χ0) is 10.1. The molecule has 0 aliphatic carbocycles. The lowest BCUT2D eigenvalue weighted by atomic mass is 9.86. The summed E-state index contributed by atoms with van der Waals surface area (Å²) in [5.41, 5.74) is -0.458. The first-order valence-electron chi connectivity index (χ1n) is 4.32. The Hall–Kier alpha value is -0.600. The molecule has 0 amide bonds. The second kappa shape index (κ2) is 3.28. The van der Waals surface area contributed by atoms with Gasteiger partial charge in [0, 0.05) is 13.1 Å². The predicted octanol–water partition coefficient (Wildman–Crippen LogP) is 0.572. The summed E-state index contributed by atoms with van der Waals surface area (Å²) in [6.45, 7) is 4.32. The van der Waals surface area contributed by atoms with Gasteiger partial charge in [-0.1, -0.05) is 6.92 Å². The van der Waals surface area contributed by atoms with Gasteiger partial charge in [0.25, 0.3) is 0 Å². The molecule has 1 heterocycles. The van der Waals surface area contributed by atoms with E-state index in [1.165, 1.54) is 4.31 Å². The largest absolute Gasteiger partial charge is 0.214 e. The average Bonchev–Trinajstić information content (AvgIpc) is 1.98. The number of hydrogen-bond donors (Lipinski definition) is 0. The van der Waals surface area contributed by atoms with E-state index in [1.54, 1.807) is 6.92 Å². The molecule has 13 heavy (non-hydrogen) atoms. The van der Waals surface area contributed by atoms with Gasteiger partial charge in [-0.2, -0.15) is 9.57 Å². The molecule has 0 bridgehead atoms. The Kier molecular flexibility index (Phi) is 2.64. The molecule has 1 saturated heterocycles. The molecule has 0 unspecified atom stereocenters. The van der Waals surface area contributed by atoms with Gasteiger partial charge < -0.3 is 0 Å². The van der Waals surface area contributed by atoms with Crippen molar-refractivity contribution in [3.8, 4) is 6.07 Å². The Labute approximate surface area is 79.2 Å². The van der Waals surface area contributed by atoms with E-state index in [9.17, 15) is 8.42 Å². The van der Waals surface area contributed by atoms with Crippen molar-refractivity contribution in [3.05, 3.63) is 0 Å². The van der Waals surface area contributed by atoms with Crippen LogP contribution in [0.5, 0.6) is 0 Å². The normalized spacial score (nSPS) is 21.9. The molecule has 74 valence electrons. The molecule has 4 nitrogen and oxygen atoms in total. The minimum absolute atomic E-state index is 0.189. The van der Waals surface area contributed by atoms with Crippen LogP contribution in [0.1, 0.15) is 20.3 Å². The molecule has 0 spiro atoms. The van der Waals surface area contributed by atoms with Crippen molar-refractivity contribution in [3.63, 3.8) is 0 Å². The second-order valence-corrected chi connectivity index (χ2v) is 5.85. The van der Waals surface area contributed by atoms with Crippen molar-refractivity contribution in [1.29, 1.82) is 5.26 Å². The molecular weight excluding hydrogens is 188 g/mol. The quantitative estimate of drug-likeness (QED) is 0.672. The maximum absolute atomic E-state index is 11.4. The Bertz CT molecular complexity index is 323. The summed E-state index contributed by atoms with van der Waals surface area (Å²) in [5, 5.41) is 8.69. The third kappa shape index (κ3) is 2.01. The first-order chi connectivity index (χ1) is 5.93. The summed E-state index contributed by atoms with van der Waals surface area (Å²) >= 11 is 0. The number of rotatable bonds is 3. The van der Waals surface area contributed by atoms with Gasteiger partial charge in [-0.3, -0.25) is 0 Å². The zero-order valence-electron chi connectivity index (χ0n) is 7.95. The van der Waals surface area contributed by atoms with Gasteiger partial charge in [0.1, 0.15) is 0 Å². The second-order valence-electron chi connectivity index (χ2n) is 3.76. The third-order valence-corrected chi connectivity index (χ3v) is 4.15. The topological polar surface area (TPSA) is 61.2 Å². The highest BCUT2D eigenvalue weighted by atomic mass is 32.2. The minimum atomic E-state index is -3.07. The Morgan fingerprint density at radius 3 is 2.46 bits per heavy atom. The zero-order valence-corrected chi connectivity index (χ0v) is 8.76. The van der Waals surface area contributed by atoms with Crippen molar-refractivity contribution in [1.82, 2.24) is 4.31 Å². The lowest BCUT2D eigenvalue weighted by molar-refractivity contribution is 0.149. The lowest BCUT2D eigenvalue weighted by Gasteiger charge is -2.41. The predicted molar refractivity (Wildman–Crippen MR) is 49.4 cm³/mol. The van der Waals surface area contributed by atoms with Crippen molar-refractivity contribution in [2.45, 2.75) is 20.3 Å². The van der Waals surface area contributed by atoms with Gasteiger partial charge in [0.15, 0.2) is 0 Å². The van der Waals surface area contributed by atoms with E-state index in [4.69, 9.17) is 5.26 Å². The van der Waals surface area contributed by atoms with Gasteiger partial charge in [-0.15, -0.1) is 0 Å². The van der Waals surface area contributed by atoms with E-state index >= 15 is 0 Å². The monoisotopic (exact) mass is 202 g/mol. The fourth-order valence-electron chi connectivity index (χ4n) is 1.39. The van der Waals surface area contributed by atoms with Crippen molar-refractivity contribution < 1.29 is 8.42 Å². The van der Waals surface area contributed by atoms with Crippen LogP contribution in [0.2, 0.25) is 0 Å². The number of nitriles is 1. The molecule has 0 saturated carbocycles. The molecule has 0 radical (unpaired) electrons. The SMILES string of the molecule is CCCS(=O)(=O)N1CC(C)(C#N)C1. The molecule has 5 heteroatoms. The highest BCUT2D eigenvalue weighted by molar-refractivity contribution is 7.89. The fourth-order valence-corrected chi connectivity index (χ4v) is 3.12. The average molecular weight is 202 g/mol. The number of hydrogen-bond acceptors (Lipinski definition) is 3. The van der Waals surface area contributed by atoms with Crippen LogP contribution in [0, 0.1) is 16.7 Å². The molecule has 0 aromatic carbocycles. The molecule has 1 aliphatic rings.